The molecule has 4 nitrogen and oxygen atoms in total. The lowest BCUT2D eigenvalue weighted by Gasteiger charge is -2.30. The number of carbonyl (C=O) groups is 1. The molecular weight excluding hydrogens is 333 g/mol. The number of carbonyl (C=O) groups excluding carboxylic acids is 1. The first-order valence-corrected chi connectivity index (χ1v) is 7.60. The zero-order valence-electron chi connectivity index (χ0n) is 12.5. The van der Waals surface area contributed by atoms with Crippen LogP contribution in [0.3, 0.4) is 0 Å². The molecule has 0 atom stereocenters. The largest absolute Gasteiger partial charge is 0.496 e. The molecule has 0 bridgehead atoms. The van der Waals surface area contributed by atoms with Crippen LogP contribution in [0, 0.1) is 5.92 Å². The number of nitrogens with two attached hydrogens (primary N) is 1. The fraction of sp³-hybridized carbons (Fsp3) is 0.533. The van der Waals surface area contributed by atoms with Crippen LogP contribution < -0.4 is 15.8 Å². The van der Waals surface area contributed by atoms with Gasteiger partial charge in [0.2, 0.25) is 0 Å². The second kappa shape index (κ2) is 6.86. The van der Waals surface area contributed by atoms with Gasteiger partial charge in [0.25, 0.3) is 5.91 Å². The van der Waals surface area contributed by atoms with Gasteiger partial charge in [0.05, 0.1) is 29.3 Å². The molecular formula is C15H18ClF3N2O2. The van der Waals surface area contributed by atoms with E-state index >= 15 is 0 Å². The number of rotatable bonds is 3. The highest BCUT2D eigenvalue weighted by atomic mass is 35.5. The van der Waals surface area contributed by atoms with Crippen molar-refractivity contribution in [2.24, 2.45) is 5.92 Å². The van der Waals surface area contributed by atoms with Gasteiger partial charge in [0, 0.05) is 12.1 Å². The van der Waals surface area contributed by atoms with E-state index in [-0.39, 0.29) is 40.9 Å². The molecule has 0 radical (unpaired) electrons. The Morgan fingerprint density at radius 1 is 1.30 bits per heavy atom. The smallest absolute Gasteiger partial charge is 0.391 e. The third-order valence-corrected chi connectivity index (χ3v) is 4.42. The van der Waals surface area contributed by atoms with Crippen LogP contribution in [0.2, 0.25) is 5.02 Å². The van der Waals surface area contributed by atoms with Crippen LogP contribution >= 0.6 is 11.6 Å². The Bertz CT molecular complexity index is 585. The van der Waals surface area contributed by atoms with E-state index in [1.165, 1.54) is 19.2 Å². The highest BCUT2D eigenvalue weighted by Gasteiger charge is 2.41. The van der Waals surface area contributed by atoms with Crippen LogP contribution in [-0.4, -0.2) is 25.2 Å². The van der Waals surface area contributed by atoms with Gasteiger partial charge in [-0.15, -0.1) is 0 Å². The summed E-state index contributed by atoms with van der Waals surface area (Å²) in [5, 5.41) is 2.96. The molecule has 1 amide bonds. The van der Waals surface area contributed by atoms with Gasteiger partial charge in [0.1, 0.15) is 5.75 Å². The zero-order valence-corrected chi connectivity index (χ0v) is 13.3. The number of ether oxygens (including phenoxy) is 1. The van der Waals surface area contributed by atoms with E-state index in [2.05, 4.69) is 5.32 Å². The molecule has 128 valence electrons. The molecule has 1 fully saturated rings. The van der Waals surface area contributed by atoms with Crippen molar-refractivity contribution >= 4 is 23.2 Å². The molecule has 8 heteroatoms. The summed E-state index contributed by atoms with van der Waals surface area (Å²) in [6.45, 7) is 0. The first kappa shape index (κ1) is 17.7. The number of hydrogen-bond donors (Lipinski definition) is 2. The van der Waals surface area contributed by atoms with E-state index in [0.717, 1.165) is 0 Å². The van der Waals surface area contributed by atoms with E-state index in [1.807, 2.05) is 0 Å². The highest BCUT2D eigenvalue weighted by Crippen LogP contribution is 2.37. The van der Waals surface area contributed by atoms with Gasteiger partial charge < -0.3 is 15.8 Å². The molecule has 1 saturated carbocycles. The van der Waals surface area contributed by atoms with E-state index in [4.69, 9.17) is 22.1 Å². The van der Waals surface area contributed by atoms with Gasteiger partial charge in [-0.2, -0.15) is 13.2 Å². The molecule has 0 aromatic heterocycles. The fourth-order valence-electron chi connectivity index (χ4n) is 2.74. The predicted octanol–water partition coefficient (Wildman–Crippen LogP) is 3.78. The maximum atomic E-state index is 12.6. The van der Waals surface area contributed by atoms with Crippen molar-refractivity contribution in [3.63, 3.8) is 0 Å². The number of hydrogen-bond acceptors (Lipinski definition) is 3. The van der Waals surface area contributed by atoms with Crippen molar-refractivity contribution in [2.75, 3.05) is 12.8 Å². The Balaban J connectivity index is 2.02. The van der Waals surface area contributed by atoms with Crippen molar-refractivity contribution in [3.05, 3.63) is 22.7 Å². The minimum atomic E-state index is -4.16. The van der Waals surface area contributed by atoms with Gasteiger partial charge in [-0.1, -0.05) is 11.6 Å². The lowest BCUT2D eigenvalue weighted by atomic mass is 9.85. The molecule has 1 aromatic carbocycles. The summed E-state index contributed by atoms with van der Waals surface area (Å²) in [6.07, 6.45) is -3.54. The summed E-state index contributed by atoms with van der Waals surface area (Å²) >= 11 is 5.91. The van der Waals surface area contributed by atoms with Gasteiger partial charge in [-0.05, 0) is 31.7 Å². The van der Waals surface area contributed by atoms with E-state index < -0.39 is 18.0 Å². The van der Waals surface area contributed by atoms with Gasteiger partial charge >= 0.3 is 6.18 Å². The molecule has 0 aliphatic heterocycles. The average molecular weight is 351 g/mol. The quantitative estimate of drug-likeness (QED) is 0.815. The lowest BCUT2D eigenvalue weighted by Crippen LogP contribution is -2.40. The number of nitrogens with one attached hydrogen (secondary N) is 1. The third kappa shape index (κ3) is 4.22. The summed E-state index contributed by atoms with van der Waals surface area (Å²) in [5.41, 5.74) is 6.15. The molecule has 2 rings (SSSR count). The van der Waals surface area contributed by atoms with Gasteiger partial charge in [0.15, 0.2) is 0 Å². The maximum Gasteiger partial charge on any atom is 0.391 e. The van der Waals surface area contributed by atoms with Crippen LogP contribution in [0.1, 0.15) is 36.0 Å². The zero-order chi connectivity index (χ0) is 17.2. The fourth-order valence-corrected chi connectivity index (χ4v) is 2.91. The Labute approximate surface area is 137 Å². The number of benzene rings is 1. The molecule has 0 spiro atoms. The van der Waals surface area contributed by atoms with Gasteiger partial charge in [-0.25, -0.2) is 0 Å². The van der Waals surface area contributed by atoms with Crippen molar-refractivity contribution in [1.29, 1.82) is 0 Å². The average Bonchev–Trinajstić information content (AvgIpc) is 2.49. The molecule has 0 unspecified atom stereocenters. The van der Waals surface area contributed by atoms with Crippen molar-refractivity contribution in [3.8, 4) is 5.75 Å². The molecule has 0 saturated heterocycles. The second-order valence-electron chi connectivity index (χ2n) is 5.64. The summed E-state index contributed by atoms with van der Waals surface area (Å²) in [6, 6.07) is 2.55. The van der Waals surface area contributed by atoms with Crippen molar-refractivity contribution in [1.82, 2.24) is 5.32 Å². The summed E-state index contributed by atoms with van der Waals surface area (Å²) in [7, 11) is 1.40. The van der Waals surface area contributed by atoms with E-state index in [9.17, 15) is 18.0 Å². The first-order valence-electron chi connectivity index (χ1n) is 7.23. The predicted molar refractivity (Wildman–Crippen MR) is 81.7 cm³/mol. The van der Waals surface area contributed by atoms with Crippen LogP contribution in [-0.2, 0) is 0 Å². The van der Waals surface area contributed by atoms with Crippen molar-refractivity contribution < 1.29 is 22.7 Å². The summed E-state index contributed by atoms with van der Waals surface area (Å²) in [4.78, 5) is 12.3. The topological polar surface area (TPSA) is 64.3 Å². The van der Waals surface area contributed by atoms with Crippen LogP contribution in [0.5, 0.6) is 5.75 Å². The third-order valence-electron chi connectivity index (χ3n) is 4.09. The summed E-state index contributed by atoms with van der Waals surface area (Å²) in [5.74, 6) is -1.44. The first-order chi connectivity index (χ1) is 10.7. The maximum absolute atomic E-state index is 12.6. The van der Waals surface area contributed by atoms with E-state index in [1.54, 1.807) is 0 Å². The van der Waals surface area contributed by atoms with Crippen molar-refractivity contribution in [2.45, 2.75) is 37.9 Å². The second-order valence-corrected chi connectivity index (χ2v) is 6.04. The van der Waals surface area contributed by atoms with Crippen LogP contribution in [0.15, 0.2) is 12.1 Å². The molecule has 1 aliphatic rings. The highest BCUT2D eigenvalue weighted by molar-refractivity contribution is 6.33. The SMILES string of the molecule is COc1cc(N)c(Cl)cc1C(=O)NC1CCC(C(F)(F)F)CC1. The molecule has 23 heavy (non-hydrogen) atoms. The van der Waals surface area contributed by atoms with Crippen LogP contribution in [0.25, 0.3) is 0 Å². The molecule has 3 N–H and O–H groups in total. The standard InChI is InChI=1S/C15H18ClF3N2O2/c1-23-13-7-12(20)11(16)6-10(13)14(22)21-9-4-2-8(3-5-9)15(17,18)19/h6-9H,2-5,20H2,1H3,(H,21,22). The lowest BCUT2D eigenvalue weighted by molar-refractivity contribution is -0.182. The Morgan fingerprint density at radius 3 is 2.43 bits per heavy atom. The minimum absolute atomic E-state index is 0.0219. The number of halogens is 4. The van der Waals surface area contributed by atoms with E-state index in [0.29, 0.717) is 12.8 Å². The van der Waals surface area contributed by atoms with Crippen LogP contribution in [0.4, 0.5) is 18.9 Å². The molecule has 1 aliphatic carbocycles. The Hall–Kier alpha value is -1.63. The Kier molecular flexibility index (Phi) is 5.29. The number of alkyl halides is 3. The number of methoxy groups -OCH3 is 1. The van der Waals surface area contributed by atoms with Gasteiger partial charge in [-0.3, -0.25) is 4.79 Å². The normalized spacial score (nSPS) is 21.8. The number of anilines is 1. The molecule has 1 aromatic rings. The minimum Gasteiger partial charge on any atom is -0.496 e. The molecule has 0 heterocycles. The number of nitrogen functional groups attached to an aromatic ring is 1. The summed E-state index contributed by atoms with van der Waals surface area (Å²) < 4.78 is 43.0. The number of amides is 1. The monoisotopic (exact) mass is 350 g/mol. The Morgan fingerprint density at radius 2 is 1.91 bits per heavy atom.